The van der Waals surface area contributed by atoms with Crippen LogP contribution >= 0.6 is 0 Å². The highest BCUT2D eigenvalue weighted by Gasteiger charge is 2.08. The molecule has 0 saturated carbocycles. The first-order chi connectivity index (χ1) is 13.0. The van der Waals surface area contributed by atoms with E-state index in [1.165, 1.54) is 5.56 Å². The van der Waals surface area contributed by atoms with Crippen LogP contribution in [0.15, 0.2) is 42.5 Å². The molecule has 27 heavy (non-hydrogen) atoms. The fraction of sp³-hybridized carbons (Fsp3) is 0.409. The van der Waals surface area contributed by atoms with Gasteiger partial charge < -0.3 is 19.5 Å². The number of amides is 1. The van der Waals surface area contributed by atoms with E-state index in [4.69, 9.17) is 14.2 Å². The molecule has 0 fully saturated rings. The number of nitrogens with one attached hydrogen (secondary N) is 1. The molecule has 0 unspecified atom stereocenters. The predicted molar refractivity (Wildman–Crippen MR) is 107 cm³/mol. The SMILES string of the molecule is CCOc1ccc(CNC(=O)COc2ccc(C(C)C)cc2)cc1OCC. The van der Waals surface area contributed by atoms with Crippen LogP contribution < -0.4 is 19.5 Å². The molecule has 0 atom stereocenters. The molecule has 0 aliphatic rings. The van der Waals surface area contributed by atoms with Crippen molar-refractivity contribution in [3.63, 3.8) is 0 Å². The normalized spacial score (nSPS) is 10.6. The Kier molecular flexibility index (Phi) is 7.99. The number of carbonyl (C=O) groups excluding carboxylic acids is 1. The van der Waals surface area contributed by atoms with Crippen molar-refractivity contribution in [3.8, 4) is 17.2 Å². The maximum atomic E-state index is 12.1. The number of carbonyl (C=O) groups is 1. The Morgan fingerprint density at radius 2 is 1.59 bits per heavy atom. The summed E-state index contributed by atoms with van der Waals surface area (Å²) in [5.41, 5.74) is 2.18. The summed E-state index contributed by atoms with van der Waals surface area (Å²) in [6, 6.07) is 13.5. The smallest absolute Gasteiger partial charge is 0.258 e. The van der Waals surface area contributed by atoms with Gasteiger partial charge in [-0.3, -0.25) is 4.79 Å². The van der Waals surface area contributed by atoms with Gasteiger partial charge in [0.15, 0.2) is 18.1 Å². The lowest BCUT2D eigenvalue weighted by Crippen LogP contribution is -2.28. The lowest BCUT2D eigenvalue weighted by Gasteiger charge is -2.13. The maximum Gasteiger partial charge on any atom is 0.258 e. The van der Waals surface area contributed by atoms with Gasteiger partial charge in [-0.2, -0.15) is 0 Å². The third kappa shape index (κ3) is 6.51. The van der Waals surface area contributed by atoms with Crippen LogP contribution in [-0.2, 0) is 11.3 Å². The van der Waals surface area contributed by atoms with Gasteiger partial charge in [-0.15, -0.1) is 0 Å². The molecule has 0 aliphatic carbocycles. The quantitative estimate of drug-likeness (QED) is 0.676. The molecule has 1 amide bonds. The van der Waals surface area contributed by atoms with Gasteiger partial charge in [0.05, 0.1) is 13.2 Å². The number of benzene rings is 2. The Morgan fingerprint density at radius 3 is 2.22 bits per heavy atom. The van der Waals surface area contributed by atoms with E-state index in [1.807, 2.05) is 56.3 Å². The summed E-state index contributed by atoms with van der Waals surface area (Å²) >= 11 is 0. The number of hydrogen-bond donors (Lipinski definition) is 1. The van der Waals surface area contributed by atoms with E-state index in [2.05, 4.69) is 19.2 Å². The van der Waals surface area contributed by atoms with Crippen molar-refractivity contribution in [3.05, 3.63) is 53.6 Å². The lowest BCUT2D eigenvalue weighted by molar-refractivity contribution is -0.123. The molecule has 0 saturated heterocycles. The van der Waals surface area contributed by atoms with Gasteiger partial charge in [0.25, 0.3) is 5.91 Å². The fourth-order valence-electron chi connectivity index (χ4n) is 2.55. The average molecular weight is 371 g/mol. The first-order valence-corrected chi connectivity index (χ1v) is 9.41. The van der Waals surface area contributed by atoms with E-state index < -0.39 is 0 Å². The van der Waals surface area contributed by atoms with Gasteiger partial charge in [-0.1, -0.05) is 32.0 Å². The molecule has 0 aliphatic heterocycles. The Hall–Kier alpha value is -2.69. The molecule has 0 bridgehead atoms. The van der Waals surface area contributed by atoms with Gasteiger partial charge in [-0.05, 0) is 55.2 Å². The van der Waals surface area contributed by atoms with Crippen molar-refractivity contribution in [2.45, 2.75) is 40.2 Å². The Bertz CT molecular complexity index is 726. The predicted octanol–water partition coefficient (Wildman–Crippen LogP) is 4.30. The summed E-state index contributed by atoms with van der Waals surface area (Å²) in [5.74, 6) is 2.39. The number of rotatable bonds is 10. The molecule has 5 nitrogen and oxygen atoms in total. The van der Waals surface area contributed by atoms with Crippen LogP contribution in [0.5, 0.6) is 17.2 Å². The van der Waals surface area contributed by atoms with E-state index >= 15 is 0 Å². The van der Waals surface area contributed by atoms with Gasteiger partial charge in [0.1, 0.15) is 5.75 Å². The third-order valence-electron chi connectivity index (χ3n) is 4.01. The Balaban J connectivity index is 1.85. The van der Waals surface area contributed by atoms with E-state index in [0.29, 0.717) is 42.9 Å². The zero-order valence-corrected chi connectivity index (χ0v) is 16.6. The molecule has 0 heterocycles. The minimum Gasteiger partial charge on any atom is -0.490 e. The lowest BCUT2D eigenvalue weighted by atomic mass is 10.0. The molecule has 2 aromatic rings. The molecule has 0 radical (unpaired) electrons. The van der Waals surface area contributed by atoms with Crippen LogP contribution in [-0.4, -0.2) is 25.7 Å². The van der Waals surface area contributed by atoms with Crippen LogP contribution in [0, 0.1) is 0 Å². The van der Waals surface area contributed by atoms with Crippen LogP contribution in [0.2, 0.25) is 0 Å². The summed E-state index contributed by atoms with van der Waals surface area (Å²) in [4.78, 5) is 12.1. The van der Waals surface area contributed by atoms with Crippen molar-refractivity contribution in [2.75, 3.05) is 19.8 Å². The second-order valence-electron chi connectivity index (χ2n) is 6.44. The molecule has 146 valence electrons. The average Bonchev–Trinajstić information content (AvgIpc) is 2.67. The monoisotopic (exact) mass is 371 g/mol. The Labute approximate surface area is 161 Å². The fourth-order valence-corrected chi connectivity index (χ4v) is 2.55. The maximum absolute atomic E-state index is 12.1. The molecule has 2 aromatic carbocycles. The highest BCUT2D eigenvalue weighted by molar-refractivity contribution is 5.77. The van der Waals surface area contributed by atoms with Crippen LogP contribution in [0.1, 0.15) is 44.7 Å². The first-order valence-electron chi connectivity index (χ1n) is 9.41. The molecule has 0 spiro atoms. The summed E-state index contributed by atoms with van der Waals surface area (Å²) in [7, 11) is 0. The van der Waals surface area contributed by atoms with Gasteiger partial charge >= 0.3 is 0 Å². The van der Waals surface area contributed by atoms with Crippen LogP contribution in [0.4, 0.5) is 0 Å². The van der Waals surface area contributed by atoms with Crippen molar-refractivity contribution in [1.82, 2.24) is 5.32 Å². The highest BCUT2D eigenvalue weighted by Crippen LogP contribution is 2.28. The molecular weight excluding hydrogens is 342 g/mol. The molecule has 5 heteroatoms. The Morgan fingerprint density at radius 1 is 0.926 bits per heavy atom. The minimum absolute atomic E-state index is 0.0175. The van der Waals surface area contributed by atoms with Gasteiger partial charge in [0, 0.05) is 6.54 Å². The number of hydrogen-bond acceptors (Lipinski definition) is 4. The van der Waals surface area contributed by atoms with Crippen LogP contribution in [0.25, 0.3) is 0 Å². The van der Waals surface area contributed by atoms with Crippen LogP contribution in [0.3, 0.4) is 0 Å². The van der Waals surface area contributed by atoms with Crippen molar-refractivity contribution >= 4 is 5.91 Å². The molecule has 0 aromatic heterocycles. The summed E-state index contributed by atoms with van der Waals surface area (Å²) in [6.45, 7) is 9.65. The second-order valence-corrected chi connectivity index (χ2v) is 6.44. The van der Waals surface area contributed by atoms with E-state index in [-0.39, 0.29) is 12.5 Å². The standard InChI is InChI=1S/C22H29NO4/c1-5-25-20-12-7-17(13-21(20)26-6-2)14-23-22(24)15-27-19-10-8-18(9-11-19)16(3)4/h7-13,16H,5-6,14-15H2,1-4H3,(H,23,24). The first kappa shape index (κ1) is 20.6. The van der Waals surface area contributed by atoms with Crippen molar-refractivity contribution in [1.29, 1.82) is 0 Å². The zero-order valence-electron chi connectivity index (χ0n) is 16.6. The minimum atomic E-state index is -0.171. The molecule has 1 N–H and O–H groups in total. The summed E-state index contributed by atoms with van der Waals surface area (Å²) in [5, 5.41) is 2.86. The number of ether oxygens (including phenoxy) is 3. The topological polar surface area (TPSA) is 56.8 Å². The largest absolute Gasteiger partial charge is 0.490 e. The van der Waals surface area contributed by atoms with Crippen molar-refractivity contribution in [2.24, 2.45) is 0 Å². The summed E-state index contributed by atoms with van der Waals surface area (Å²) < 4.78 is 16.7. The molecular formula is C22H29NO4. The van der Waals surface area contributed by atoms with Gasteiger partial charge in [-0.25, -0.2) is 0 Å². The highest BCUT2D eigenvalue weighted by atomic mass is 16.5. The van der Waals surface area contributed by atoms with E-state index in [0.717, 1.165) is 5.56 Å². The second kappa shape index (κ2) is 10.5. The van der Waals surface area contributed by atoms with Gasteiger partial charge in [0.2, 0.25) is 0 Å². The summed E-state index contributed by atoms with van der Waals surface area (Å²) in [6.07, 6.45) is 0. The molecule has 2 rings (SSSR count). The zero-order chi connectivity index (χ0) is 19.6. The van der Waals surface area contributed by atoms with Crippen molar-refractivity contribution < 1.29 is 19.0 Å². The van der Waals surface area contributed by atoms with E-state index in [1.54, 1.807) is 0 Å². The van der Waals surface area contributed by atoms with E-state index in [9.17, 15) is 4.79 Å². The third-order valence-corrected chi connectivity index (χ3v) is 4.01.